The number of nitrogens with zero attached hydrogens (tertiary/aromatic N) is 1. The molecule has 2 rings (SSSR count). The predicted octanol–water partition coefficient (Wildman–Crippen LogP) is 4.43. The summed E-state index contributed by atoms with van der Waals surface area (Å²) in [6.45, 7) is 9.76. The molecule has 1 aromatic heterocycles. The third kappa shape index (κ3) is 4.09. The van der Waals surface area contributed by atoms with Crippen LogP contribution in [0.2, 0.25) is 5.02 Å². The monoisotopic (exact) mass is 350 g/mol. The number of amides is 1. The molecule has 1 N–H and O–H groups in total. The second kappa shape index (κ2) is 6.85. The van der Waals surface area contributed by atoms with Crippen LogP contribution in [-0.4, -0.2) is 18.0 Å². The number of rotatable bonds is 4. The highest BCUT2D eigenvalue weighted by Crippen LogP contribution is 2.31. The first kappa shape index (κ1) is 18.3. The number of oxazole rings is 1. The van der Waals surface area contributed by atoms with Crippen LogP contribution < -0.4 is 10.1 Å². The van der Waals surface area contributed by atoms with Crippen molar-refractivity contribution in [3.63, 3.8) is 0 Å². The van der Waals surface area contributed by atoms with E-state index < -0.39 is 0 Å². The fourth-order valence-electron chi connectivity index (χ4n) is 2.18. The summed E-state index contributed by atoms with van der Waals surface area (Å²) in [4.78, 5) is 16.8. The predicted molar refractivity (Wildman–Crippen MR) is 95.0 cm³/mol. The zero-order valence-corrected chi connectivity index (χ0v) is 15.7. The van der Waals surface area contributed by atoms with E-state index in [2.05, 4.69) is 10.3 Å². The van der Waals surface area contributed by atoms with E-state index in [-0.39, 0.29) is 17.7 Å². The lowest BCUT2D eigenvalue weighted by Gasteiger charge is -2.13. The first-order chi connectivity index (χ1) is 11.1. The van der Waals surface area contributed by atoms with Gasteiger partial charge in [-0.3, -0.25) is 4.79 Å². The smallest absolute Gasteiger partial charge is 0.232 e. The third-order valence-electron chi connectivity index (χ3n) is 3.61. The van der Waals surface area contributed by atoms with Crippen molar-refractivity contribution in [1.29, 1.82) is 0 Å². The van der Waals surface area contributed by atoms with Crippen LogP contribution in [0.1, 0.15) is 43.7 Å². The van der Waals surface area contributed by atoms with E-state index in [1.54, 1.807) is 12.1 Å². The fraction of sp³-hybridized carbons (Fsp3) is 0.444. The number of methoxy groups -OCH3 is 1. The molecule has 0 bridgehead atoms. The summed E-state index contributed by atoms with van der Waals surface area (Å²) in [5, 5.41) is 3.43. The third-order valence-corrected chi connectivity index (χ3v) is 4.02. The van der Waals surface area contributed by atoms with Crippen LogP contribution in [0.25, 0.3) is 0 Å². The van der Waals surface area contributed by atoms with E-state index in [9.17, 15) is 4.79 Å². The molecule has 1 aromatic carbocycles. The van der Waals surface area contributed by atoms with E-state index in [1.165, 1.54) is 7.11 Å². The van der Waals surface area contributed by atoms with Gasteiger partial charge in [0.05, 0.1) is 24.9 Å². The van der Waals surface area contributed by atoms with Crippen molar-refractivity contribution in [2.75, 3.05) is 12.4 Å². The summed E-state index contributed by atoms with van der Waals surface area (Å²) >= 11 is 6.08. The van der Waals surface area contributed by atoms with E-state index in [0.717, 1.165) is 11.3 Å². The van der Waals surface area contributed by atoms with Crippen LogP contribution in [0.5, 0.6) is 5.75 Å². The molecule has 5 nitrogen and oxygen atoms in total. The number of hydrogen-bond acceptors (Lipinski definition) is 4. The normalized spacial score (nSPS) is 11.5. The molecular formula is C18H23ClN2O3. The number of anilines is 1. The average Bonchev–Trinajstić information content (AvgIpc) is 2.84. The maximum absolute atomic E-state index is 12.4. The SMILES string of the molecule is COc1cc(Cl)c(C)cc1NC(=O)Cc1oc(C(C)(C)C)nc1C. The molecule has 0 fully saturated rings. The quantitative estimate of drug-likeness (QED) is 0.885. The number of carbonyl (C=O) groups is 1. The highest BCUT2D eigenvalue weighted by molar-refractivity contribution is 6.31. The largest absolute Gasteiger partial charge is 0.495 e. The highest BCUT2D eigenvalue weighted by atomic mass is 35.5. The second-order valence-electron chi connectivity index (χ2n) is 6.80. The van der Waals surface area contributed by atoms with Crippen molar-refractivity contribution in [3.05, 3.63) is 40.1 Å². The van der Waals surface area contributed by atoms with E-state index in [0.29, 0.717) is 28.1 Å². The number of hydrogen-bond donors (Lipinski definition) is 1. The maximum atomic E-state index is 12.4. The number of carbonyl (C=O) groups excluding carboxylic acids is 1. The van der Waals surface area contributed by atoms with Gasteiger partial charge in [0.15, 0.2) is 5.89 Å². The Morgan fingerprint density at radius 3 is 2.54 bits per heavy atom. The first-order valence-corrected chi connectivity index (χ1v) is 8.10. The van der Waals surface area contributed by atoms with E-state index >= 15 is 0 Å². The van der Waals surface area contributed by atoms with Gasteiger partial charge in [-0.1, -0.05) is 32.4 Å². The number of benzene rings is 1. The molecule has 0 aliphatic rings. The molecule has 0 saturated heterocycles. The summed E-state index contributed by atoms with van der Waals surface area (Å²) < 4.78 is 11.0. The second-order valence-corrected chi connectivity index (χ2v) is 7.21. The van der Waals surface area contributed by atoms with Crippen molar-refractivity contribution in [1.82, 2.24) is 4.98 Å². The van der Waals surface area contributed by atoms with E-state index in [1.807, 2.05) is 34.6 Å². The molecule has 2 aromatic rings. The van der Waals surface area contributed by atoms with Crippen molar-refractivity contribution < 1.29 is 13.9 Å². The molecule has 1 amide bonds. The Morgan fingerprint density at radius 1 is 1.33 bits per heavy atom. The Labute approximate surface area is 147 Å². The Hall–Kier alpha value is -2.01. The topological polar surface area (TPSA) is 64.4 Å². The minimum atomic E-state index is -0.199. The zero-order chi connectivity index (χ0) is 18.1. The van der Waals surface area contributed by atoms with E-state index in [4.69, 9.17) is 20.8 Å². The number of nitrogens with one attached hydrogen (secondary N) is 1. The minimum Gasteiger partial charge on any atom is -0.495 e. The molecule has 0 aliphatic heterocycles. The lowest BCUT2D eigenvalue weighted by Crippen LogP contribution is -2.15. The molecule has 0 radical (unpaired) electrons. The van der Waals surface area contributed by atoms with Crippen LogP contribution in [0.4, 0.5) is 5.69 Å². The van der Waals surface area contributed by atoms with Gasteiger partial charge in [0.1, 0.15) is 11.5 Å². The van der Waals surface area contributed by atoms with Crippen molar-refractivity contribution in [2.45, 2.75) is 46.5 Å². The molecule has 0 spiro atoms. The lowest BCUT2D eigenvalue weighted by atomic mass is 9.97. The fourth-order valence-corrected chi connectivity index (χ4v) is 2.34. The Kier molecular flexibility index (Phi) is 5.23. The number of aromatic nitrogens is 1. The molecule has 6 heteroatoms. The van der Waals surface area contributed by atoms with Crippen LogP contribution in [0, 0.1) is 13.8 Å². The van der Waals surface area contributed by atoms with Gasteiger partial charge < -0.3 is 14.5 Å². The zero-order valence-electron chi connectivity index (χ0n) is 14.9. The van der Waals surface area contributed by atoms with Gasteiger partial charge in [-0.15, -0.1) is 0 Å². The van der Waals surface area contributed by atoms with Gasteiger partial charge in [0.2, 0.25) is 5.91 Å². The standard InChI is InChI=1S/C18H23ClN2O3/c1-10-7-13(15(23-6)8-12(10)19)21-16(22)9-14-11(2)20-17(24-14)18(3,4)5/h7-8H,9H2,1-6H3,(H,21,22). The number of ether oxygens (including phenoxy) is 1. The summed E-state index contributed by atoms with van der Waals surface area (Å²) in [5.41, 5.74) is 1.97. The van der Waals surface area contributed by atoms with Gasteiger partial charge >= 0.3 is 0 Å². The van der Waals surface area contributed by atoms with Gasteiger partial charge in [-0.2, -0.15) is 0 Å². The molecular weight excluding hydrogens is 328 g/mol. The molecule has 0 saturated carbocycles. The van der Waals surface area contributed by atoms with Gasteiger partial charge in [0.25, 0.3) is 0 Å². The summed E-state index contributed by atoms with van der Waals surface area (Å²) in [6, 6.07) is 3.47. The Balaban J connectivity index is 2.17. The molecule has 24 heavy (non-hydrogen) atoms. The lowest BCUT2D eigenvalue weighted by molar-refractivity contribution is -0.115. The van der Waals surface area contributed by atoms with Crippen molar-refractivity contribution in [3.8, 4) is 5.75 Å². The molecule has 1 heterocycles. The van der Waals surface area contributed by atoms with Crippen LogP contribution in [-0.2, 0) is 16.6 Å². The number of aryl methyl sites for hydroxylation is 2. The molecule has 130 valence electrons. The highest BCUT2D eigenvalue weighted by Gasteiger charge is 2.23. The first-order valence-electron chi connectivity index (χ1n) is 7.72. The van der Waals surface area contributed by atoms with Gasteiger partial charge in [-0.25, -0.2) is 4.98 Å². The molecule has 0 aliphatic carbocycles. The van der Waals surface area contributed by atoms with Crippen molar-refractivity contribution >= 4 is 23.2 Å². The summed E-state index contributed by atoms with van der Waals surface area (Å²) in [6.07, 6.45) is 0.111. The number of halogens is 1. The van der Waals surface area contributed by atoms with Gasteiger partial charge in [-0.05, 0) is 25.5 Å². The Bertz CT molecular complexity index is 760. The summed E-state index contributed by atoms with van der Waals surface area (Å²) in [7, 11) is 1.53. The summed E-state index contributed by atoms with van der Waals surface area (Å²) in [5.74, 6) is 1.52. The maximum Gasteiger partial charge on any atom is 0.232 e. The average molecular weight is 351 g/mol. The minimum absolute atomic E-state index is 0.111. The Morgan fingerprint density at radius 2 is 2.00 bits per heavy atom. The van der Waals surface area contributed by atoms with Crippen LogP contribution in [0.3, 0.4) is 0 Å². The van der Waals surface area contributed by atoms with Gasteiger partial charge in [0, 0.05) is 16.5 Å². The van der Waals surface area contributed by atoms with Crippen LogP contribution >= 0.6 is 11.6 Å². The molecule has 0 atom stereocenters. The van der Waals surface area contributed by atoms with Crippen molar-refractivity contribution in [2.24, 2.45) is 0 Å². The van der Waals surface area contributed by atoms with Crippen LogP contribution in [0.15, 0.2) is 16.5 Å². The molecule has 0 unspecified atom stereocenters.